The molecule has 1 aromatic heterocycles. The number of aliphatic hydroxyl groups is 1. The summed E-state index contributed by atoms with van der Waals surface area (Å²) in [5.74, 6) is 0. The van der Waals surface area contributed by atoms with Gasteiger partial charge in [-0.2, -0.15) is 0 Å². The van der Waals surface area contributed by atoms with E-state index in [2.05, 4.69) is 10.0 Å². The van der Waals surface area contributed by atoms with E-state index in [0.29, 0.717) is 13.0 Å². The van der Waals surface area contributed by atoms with E-state index < -0.39 is 62.6 Å². The van der Waals surface area contributed by atoms with Crippen LogP contribution >= 0.6 is 7.82 Å². The Labute approximate surface area is 200 Å². The summed E-state index contributed by atoms with van der Waals surface area (Å²) in [6.45, 7) is 2.67. The van der Waals surface area contributed by atoms with Crippen LogP contribution in [0.2, 0.25) is 0 Å². The Bertz CT molecular complexity index is 1060. The molecule has 1 N–H and O–H groups in total. The van der Waals surface area contributed by atoms with Crippen LogP contribution in [-0.4, -0.2) is 71.3 Å². The predicted molar refractivity (Wildman–Crippen MR) is 119 cm³/mol. The molecule has 0 saturated carbocycles. The molecule has 0 aromatic carbocycles. The normalized spacial score (nSPS) is 28.2. The number of phosphoric ester groups is 1. The SMILES string of the molecule is CC(C)OP(=O)(OCCO)OC1[C@@H](CN=[N+]=[N-])O[C@@H](n2ccc(=O)n(C)c2=O)[C@H]1OC1CCCO1. The molecule has 2 saturated heterocycles. The van der Waals surface area contributed by atoms with E-state index in [4.69, 9.17) is 38.4 Å². The summed E-state index contributed by atoms with van der Waals surface area (Å²) in [7, 11) is -2.97. The van der Waals surface area contributed by atoms with Crippen molar-refractivity contribution in [1.29, 1.82) is 0 Å². The fourth-order valence-electron chi connectivity index (χ4n) is 3.73. The van der Waals surface area contributed by atoms with Crippen molar-refractivity contribution in [2.24, 2.45) is 12.2 Å². The molecule has 2 aliphatic rings. The van der Waals surface area contributed by atoms with Crippen LogP contribution in [0.15, 0.2) is 27.0 Å². The number of aromatic nitrogens is 2. The van der Waals surface area contributed by atoms with E-state index in [0.717, 1.165) is 15.6 Å². The van der Waals surface area contributed by atoms with Gasteiger partial charge in [0.2, 0.25) is 0 Å². The number of hydrogen-bond acceptors (Lipinski definition) is 11. The smallest absolute Gasteiger partial charge is 0.394 e. The van der Waals surface area contributed by atoms with Crippen LogP contribution in [0.1, 0.15) is 32.9 Å². The van der Waals surface area contributed by atoms with E-state index in [9.17, 15) is 14.2 Å². The highest BCUT2D eigenvalue weighted by atomic mass is 31.2. The molecular formula is C19H30N5O10P. The Balaban J connectivity index is 2.04. The maximum absolute atomic E-state index is 13.4. The van der Waals surface area contributed by atoms with Gasteiger partial charge in [-0.3, -0.25) is 27.5 Å². The summed E-state index contributed by atoms with van der Waals surface area (Å²) < 4.78 is 49.6. The van der Waals surface area contributed by atoms with Gasteiger partial charge in [0.05, 0.1) is 32.0 Å². The van der Waals surface area contributed by atoms with Crippen LogP contribution in [0.4, 0.5) is 0 Å². The molecular weight excluding hydrogens is 489 g/mol. The highest BCUT2D eigenvalue weighted by Crippen LogP contribution is 2.54. The van der Waals surface area contributed by atoms with Gasteiger partial charge in [0.25, 0.3) is 5.56 Å². The molecule has 0 radical (unpaired) electrons. The summed E-state index contributed by atoms with van der Waals surface area (Å²) in [5.41, 5.74) is 7.64. The summed E-state index contributed by atoms with van der Waals surface area (Å²) in [5, 5.41) is 12.7. The zero-order chi connectivity index (χ0) is 25.6. The first-order valence-corrected chi connectivity index (χ1v) is 12.6. The number of ether oxygens (including phenoxy) is 3. The van der Waals surface area contributed by atoms with Crippen molar-refractivity contribution >= 4 is 7.82 Å². The number of azide groups is 1. The summed E-state index contributed by atoms with van der Waals surface area (Å²) in [4.78, 5) is 27.5. The lowest BCUT2D eigenvalue weighted by Crippen LogP contribution is -2.44. The molecule has 16 heteroatoms. The highest BCUT2D eigenvalue weighted by molar-refractivity contribution is 7.48. The van der Waals surface area contributed by atoms with Crippen molar-refractivity contribution in [3.05, 3.63) is 43.5 Å². The zero-order valence-electron chi connectivity index (χ0n) is 19.7. The predicted octanol–water partition coefficient (Wildman–Crippen LogP) is 1.20. The van der Waals surface area contributed by atoms with E-state index in [1.54, 1.807) is 13.8 Å². The molecule has 6 atom stereocenters. The van der Waals surface area contributed by atoms with Gasteiger partial charge in [-0.15, -0.1) is 0 Å². The molecule has 0 bridgehead atoms. The quantitative estimate of drug-likeness (QED) is 0.182. The van der Waals surface area contributed by atoms with Crippen LogP contribution in [0.5, 0.6) is 0 Å². The second-order valence-corrected chi connectivity index (χ2v) is 9.73. The lowest BCUT2D eigenvalue weighted by molar-refractivity contribution is -0.182. The third-order valence-corrected chi connectivity index (χ3v) is 6.91. The molecule has 3 unspecified atom stereocenters. The Morgan fingerprint density at radius 3 is 2.77 bits per heavy atom. The molecule has 0 aliphatic carbocycles. The average molecular weight is 519 g/mol. The maximum atomic E-state index is 13.4. The molecule has 3 rings (SSSR count). The van der Waals surface area contributed by atoms with Crippen molar-refractivity contribution < 1.29 is 37.5 Å². The third-order valence-electron chi connectivity index (χ3n) is 5.23. The van der Waals surface area contributed by atoms with Crippen molar-refractivity contribution in [2.45, 2.75) is 63.6 Å². The zero-order valence-corrected chi connectivity index (χ0v) is 20.6. The standard InChI is InChI=1S/C19H30N5O10P/c1-12(2)33-35(28,30-10-8-25)34-16-13(11-21-22-20)31-18(17(16)32-15-5-4-9-29-15)24-7-6-14(26)23(3)19(24)27/h6-7,12-13,15-18,25H,4-5,8-11H2,1-3H3/t13-,15?,16?,17+,18-,35?/m1/s1. The summed E-state index contributed by atoms with van der Waals surface area (Å²) in [6, 6.07) is 1.18. The molecule has 35 heavy (non-hydrogen) atoms. The first kappa shape index (κ1) is 27.5. The Morgan fingerprint density at radius 1 is 1.37 bits per heavy atom. The average Bonchev–Trinajstić information content (AvgIpc) is 3.43. The molecule has 1 aromatic rings. The van der Waals surface area contributed by atoms with E-state index in [-0.39, 0.29) is 13.2 Å². The van der Waals surface area contributed by atoms with Crippen LogP contribution in [0, 0.1) is 0 Å². The fourth-order valence-corrected chi connectivity index (χ4v) is 5.27. The minimum absolute atomic E-state index is 0.259. The molecule has 3 heterocycles. The van der Waals surface area contributed by atoms with Gasteiger partial charge >= 0.3 is 13.5 Å². The van der Waals surface area contributed by atoms with Crippen LogP contribution in [0.3, 0.4) is 0 Å². The molecule has 15 nitrogen and oxygen atoms in total. The third kappa shape index (κ3) is 6.79. The molecule has 0 amide bonds. The first-order valence-electron chi connectivity index (χ1n) is 11.1. The Hall–Kier alpha value is -2.06. The number of nitrogens with zero attached hydrogens (tertiary/aromatic N) is 5. The number of aliphatic hydroxyl groups excluding tert-OH is 1. The van der Waals surface area contributed by atoms with Gasteiger partial charge in [-0.25, -0.2) is 9.36 Å². The van der Waals surface area contributed by atoms with Gasteiger partial charge in [0, 0.05) is 37.3 Å². The van der Waals surface area contributed by atoms with E-state index >= 15 is 0 Å². The summed E-state index contributed by atoms with van der Waals surface area (Å²) >= 11 is 0. The maximum Gasteiger partial charge on any atom is 0.475 e. The van der Waals surface area contributed by atoms with Gasteiger partial charge in [-0.05, 0) is 25.8 Å². The van der Waals surface area contributed by atoms with Crippen LogP contribution < -0.4 is 11.2 Å². The van der Waals surface area contributed by atoms with Crippen molar-refractivity contribution in [2.75, 3.05) is 26.4 Å². The topological polar surface area (TPSA) is 185 Å². The van der Waals surface area contributed by atoms with E-state index in [1.165, 1.54) is 19.3 Å². The second-order valence-electron chi connectivity index (χ2n) is 8.15. The largest absolute Gasteiger partial charge is 0.475 e. The van der Waals surface area contributed by atoms with Gasteiger partial charge < -0.3 is 19.3 Å². The van der Waals surface area contributed by atoms with Crippen LogP contribution in [0.25, 0.3) is 10.4 Å². The Kier molecular flexibility index (Phi) is 9.64. The van der Waals surface area contributed by atoms with Crippen LogP contribution in [-0.2, 0) is 39.4 Å². The second kappa shape index (κ2) is 12.3. The minimum Gasteiger partial charge on any atom is -0.394 e. The van der Waals surface area contributed by atoms with E-state index in [1.807, 2.05) is 0 Å². The van der Waals surface area contributed by atoms with Crippen molar-refractivity contribution in [1.82, 2.24) is 9.13 Å². The molecule has 2 fully saturated rings. The van der Waals surface area contributed by atoms with Gasteiger partial charge in [0.15, 0.2) is 12.5 Å². The van der Waals surface area contributed by atoms with Crippen molar-refractivity contribution in [3.8, 4) is 0 Å². The highest BCUT2D eigenvalue weighted by Gasteiger charge is 2.52. The molecule has 0 spiro atoms. The number of rotatable bonds is 12. The van der Waals surface area contributed by atoms with Crippen molar-refractivity contribution in [3.63, 3.8) is 0 Å². The molecule has 2 aliphatic heterocycles. The minimum atomic E-state index is -4.28. The van der Waals surface area contributed by atoms with Gasteiger partial charge in [-0.1, -0.05) is 5.11 Å². The Morgan fingerprint density at radius 2 is 2.14 bits per heavy atom. The monoisotopic (exact) mass is 519 g/mol. The fraction of sp³-hybridized carbons (Fsp3) is 0.789. The molecule has 196 valence electrons. The lowest BCUT2D eigenvalue weighted by Gasteiger charge is -2.30. The first-order chi connectivity index (χ1) is 16.7. The summed E-state index contributed by atoms with van der Waals surface area (Å²) in [6.07, 6.45) is -3.19. The lowest BCUT2D eigenvalue weighted by atomic mass is 10.1. The number of phosphoric acid groups is 1. The number of hydrogen-bond donors (Lipinski definition) is 1. The van der Waals surface area contributed by atoms with Gasteiger partial charge in [0.1, 0.15) is 12.2 Å².